The minimum absolute atomic E-state index is 0.146. The molecule has 0 aliphatic carbocycles. The Labute approximate surface area is 188 Å². The van der Waals surface area contributed by atoms with Gasteiger partial charge in [-0.2, -0.15) is 0 Å². The van der Waals surface area contributed by atoms with Crippen LogP contribution in [0, 0.1) is 0 Å². The molecule has 0 aliphatic rings. The van der Waals surface area contributed by atoms with Crippen molar-refractivity contribution in [1.29, 1.82) is 0 Å². The Morgan fingerprint density at radius 3 is 2.58 bits per heavy atom. The van der Waals surface area contributed by atoms with Crippen LogP contribution in [0.25, 0.3) is 10.6 Å². The van der Waals surface area contributed by atoms with E-state index >= 15 is 0 Å². The number of anilines is 1. The minimum Gasteiger partial charge on any atom is -0.383 e. The second-order valence-corrected chi connectivity index (χ2v) is 10.4. The number of hydrogen-bond acceptors (Lipinski definition) is 10. The number of aryl methyl sites for hydroxylation is 1. The van der Waals surface area contributed by atoms with Crippen molar-refractivity contribution < 1.29 is 17.9 Å². The number of aromatic nitrogens is 5. The highest BCUT2D eigenvalue weighted by molar-refractivity contribution is 7.99. The summed E-state index contributed by atoms with van der Waals surface area (Å²) in [4.78, 5) is 12.6. The molecule has 31 heavy (non-hydrogen) atoms. The van der Waals surface area contributed by atoms with Crippen LogP contribution in [0.5, 0.6) is 0 Å². The highest BCUT2D eigenvalue weighted by atomic mass is 32.2. The lowest BCUT2D eigenvalue weighted by molar-refractivity contribution is -0.113. The summed E-state index contributed by atoms with van der Waals surface area (Å²) in [7, 11) is -1.63. The van der Waals surface area contributed by atoms with Gasteiger partial charge < -0.3 is 9.30 Å². The molecular formula is C18H22N6O4S3. The first-order valence-corrected chi connectivity index (χ1v) is 13.0. The summed E-state index contributed by atoms with van der Waals surface area (Å²) in [5.74, 6) is 0.752. The quantitative estimate of drug-likeness (QED) is 0.432. The maximum atomic E-state index is 12.3. The van der Waals surface area contributed by atoms with E-state index in [1.54, 1.807) is 19.2 Å². The van der Waals surface area contributed by atoms with Gasteiger partial charge >= 0.3 is 0 Å². The first kappa shape index (κ1) is 23.3. The summed E-state index contributed by atoms with van der Waals surface area (Å²) in [6.07, 6.45) is 1.89. The van der Waals surface area contributed by atoms with E-state index in [9.17, 15) is 13.2 Å². The molecule has 166 valence electrons. The maximum absolute atomic E-state index is 12.3. The molecule has 13 heteroatoms. The molecule has 0 bridgehead atoms. The molecule has 10 nitrogen and oxygen atoms in total. The van der Waals surface area contributed by atoms with Gasteiger partial charge in [0.15, 0.2) is 15.0 Å². The van der Waals surface area contributed by atoms with E-state index in [1.807, 2.05) is 11.5 Å². The highest BCUT2D eigenvalue weighted by Crippen LogP contribution is 2.27. The number of benzene rings is 1. The van der Waals surface area contributed by atoms with Gasteiger partial charge in [-0.15, -0.1) is 20.4 Å². The maximum Gasteiger partial charge on any atom is 0.236 e. The van der Waals surface area contributed by atoms with Crippen LogP contribution in [0.2, 0.25) is 0 Å². The third kappa shape index (κ3) is 6.09. The molecule has 0 saturated carbocycles. The van der Waals surface area contributed by atoms with Gasteiger partial charge in [-0.1, -0.05) is 42.2 Å². The molecular weight excluding hydrogens is 460 g/mol. The fourth-order valence-electron chi connectivity index (χ4n) is 2.62. The van der Waals surface area contributed by atoms with Crippen molar-refractivity contribution >= 4 is 44.0 Å². The third-order valence-electron chi connectivity index (χ3n) is 4.16. The van der Waals surface area contributed by atoms with E-state index in [1.165, 1.54) is 35.2 Å². The molecule has 2 heterocycles. The summed E-state index contributed by atoms with van der Waals surface area (Å²) < 4.78 is 30.2. The van der Waals surface area contributed by atoms with Crippen molar-refractivity contribution in [3.63, 3.8) is 0 Å². The Balaban J connectivity index is 1.60. The van der Waals surface area contributed by atoms with E-state index in [4.69, 9.17) is 4.74 Å². The number of nitrogens with one attached hydrogen (secondary N) is 1. The summed E-state index contributed by atoms with van der Waals surface area (Å²) >= 11 is 2.50. The summed E-state index contributed by atoms with van der Waals surface area (Å²) in [6.45, 7) is 3.15. The molecule has 0 unspecified atom stereocenters. The van der Waals surface area contributed by atoms with Gasteiger partial charge in [-0.3, -0.25) is 10.1 Å². The predicted molar refractivity (Wildman–Crippen MR) is 119 cm³/mol. The lowest BCUT2D eigenvalue weighted by Crippen LogP contribution is -2.15. The van der Waals surface area contributed by atoms with Gasteiger partial charge in [0, 0.05) is 31.9 Å². The van der Waals surface area contributed by atoms with Crippen LogP contribution in [0.15, 0.2) is 34.3 Å². The first-order valence-electron chi connectivity index (χ1n) is 9.29. The lowest BCUT2D eigenvalue weighted by atomic mass is 10.2. The number of nitrogens with zero attached hydrogens (tertiary/aromatic N) is 5. The van der Waals surface area contributed by atoms with Crippen molar-refractivity contribution in [2.45, 2.75) is 29.9 Å². The van der Waals surface area contributed by atoms with Gasteiger partial charge in [0.05, 0.1) is 17.3 Å². The molecule has 3 aromatic rings. The molecule has 3 rings (SSSR count). The number of amides is 1. The number of rotatable bonds is 10. The average Bonchev–Trinajstić information content (AvgIpc) is 3.36. The second kappa shape index (κ2) is 10.3. The zero-order valence-electron chi connectivity index (χ0n) is 17.2. The zero-order valence-corrected chi connectivity index (χ0v) is 19.7. The molecule has 1 amide bonds. The number of thioether (sulfide) groups is 1. The molecule has 0 saturated heterocycles. The SMILES string of the molecule is CCc1nnc(SCC(=O)Nc2nnc(-c3ccc(S(C)(=O)=O)cc3)s2)n1CCOC. The Kier molecular flexibility index (Phi) is 7.75. The van der Waals surface area contributed by atoms with Crippen LogP contribution < -0.4 is 5.32 Å². The van der Waals surface area contributed by atoms with Crippen LogP contribution in [0.3, 0.4) is 0 Å². The van der Waals surface area contributed by atoms with Crippen molar-refractivity contribution in [3.8, 4) is 10.6 Å². The molecule has 0 spiro atoms. The number of methoxy groups -OCH3 is 1. The smallest absolute Gasteiger partial charge is 0.236 e. The summed E-state index contributed by atoms with van der Waals surface area (Å²) in [6, 6.07) is 6.36. The van der Waals surface area contributed by atoms with Crippen molar-refractivity contribution in [1.82, 2.24) is 25.0 Å². The van der Waals surface area contributed by atoms with E-state index in [0.717, 1.165) is 24.1 Å². The lowest BCUT2D eigenvalue weighted by Gasteiger charge is -2.08. The molecule has 1 aromatic carbocycles. The van der Waals surface area contributed by atoms with Crippen LogP contribution in [-0.4, -0.2) is 65.0 Å². The van der Waals surface area contributed by atoms with E-state index < -0.39 is 9.84 Å². The normalized spacial score (nSPS) is 11.6. The van der Waals surface area contributed by atoms with E-state index in [-0.39, 0.29) is 16.6 Å². The number of carbonyl (C=O) groups excluding carboxylic acids is 1. The molecule has 2 aromatic heterocycles. The predicted octanol–water partition coefficient (Wildman–Crippen LogP) is 2.14. The Hall–Kier alpha value is -2.35. The first-order chi connectivity index (χ1) is 14.8. The fourth-order valence-corrected chi connectivity index (χ4v) is 4.79. The molecule has 0 aliphatic heterocycles. The monoisotopic (exact) mass is 482 g/mol. The molecule has 1 N–H and O–H groups in total. The van der Waals surface area contributed by atoms with E-state index in [2.05, 4.69) is 25.7 Å². The third-order valence-corrected chi connectivity index (χ3v) is 7.14. The summed E-state index contributed by atoms with van der Waals surface area (Å²) in [5, 5.41) is 20.7. The standard InChI is InChI=1S/C18H22N6O4S3/c1-4-14-20-23-18(24(14)9-10-28-2)29-11-15(25)19-17-22-21-16(30-17)12-5-7-13(8-6-12)31(3,26)27/h5-8H,4,9-11H2,1-3H3,(H,19,22,25). The Morgan fingerprint density at radius 1 is 1.19 bits per heavy atom. The van der Waals surface area contributed by atoms with Crippen LogP contribution in [0.4, 0.5) is 5.13 Å². The number of carbonyl (C=O) groups is 1. The van der Waals surface area contributed by atoms with Gasteiger partial charge in [0.1, 0.15) is 10.8 Å². The minimum atomic E-state index is -3.26. The van der Waals surface area contributed by atoms with Crippen molar-refractivity contribution in [2.24, 2.45) is 0 Å². The highest BCUT2D eigenvalue weighted by Gasteiger charge is 2.15. The van der Waals surface area contributed by atoms with Crippen molar-refractivity contribution in [2.75, 3.05) is 31.0 Å². The molecule has 0 atom stereocenters. The van der Waals surface area contributed by atoms with Crippen LogP contribution in [0.1, 0.15) is 12.7 Å². The van der Waals surface area contributed by atoms with Crippen LogP contribution >= 0.6 is 23.1 Å². The second-order valence-electron chi connectivity index (χ2n) is 6.44. The fraction of sp³-hybridized carbons (Fsp3) is 0.389. The zero-order chi connectivity index (χ0) is 22.4. The summed E-state index contributed by atoms with van der Waals surface area (Å²) in [5.41, 5.74) is 0.720. The van der Waals surface area contributed by atoms with Gasteiger partial charge in [0.25, 0.3) is 0 Å². The number of hydrogen-bond donors (Lipinski definition) is 1. The number of ether oxygens (including phenoxy) is 1. The van der Waals surface area contributed by atoms with E-state index in [0.29, 0.717) is 28.4 Å². The Morgan fingerprint density at radius 2 is 1.94 bits per heavy atom. The number of sulfone groups is 1. The molecule has 0 radical (unpaired) electrons. The largest absolute Gasteiger partial charge is 0.383 e. The van der Waals surface area contributed by atoms with Crippen molar-refractivity contribution in [3.05, 3.63) is 30.1 Å². The average molecular weight is 483 g/mol. The topological polar surface area (TPSA) is 129 Å². The van der Waals surface area contributed by atoms with Gasteiger partial charge in [-0.25, -0.2) is 8.42 Å². The molecule has 0 fully saturated rings. The van der Waals surface area contributed by atoms with Gasteiger partial charge in [-0.05, 0) is 12.1 Å². The van der Waals surface area contributed by atoms with Crippen LogP contribution in [-0.2, 0) is 32.3 Å². The van der Waals surface area contributed by atoms with Gasteiger partial charge in [0.2, 0.25) is 11.0 Å². The Bertz CT molecular complexity index is 1140.